The molecule has 1 aromatic rings. The van der Waals surface area contributed by atoms with Gasteiger partial charge in [0.25, 0.3) is 0 Å². The van der Waals surface area contributed by atoms with Crippen molar-refractivity contribution in [3.8, 4) is 0 Å². The summed E-state index contributed by atoms with van der Waals surface area (Å²) in [4.78, 5) is 10.7. The summed E-state index contributed by atoms with van der Waals surface area (Å²) in [6, 6.07) is 3.74. The summed E-state index contributed by atoms with van der Waals surface area (Å²) in [6.07, 6.45) is 1.21. The predicted octanol–water partition coefficient (Wildman–Crippen LogP) is 2.49. The third-order valence-electron chi connectivity index (χ3n) is 3.10. The molecule has 3 N–H and O–H groups in total. The zero-order valence-electron chi connectivity index (χ0n) is 10.5. The van der Waals surface area contributed by atoms with E-state index in [1.54, 1.807) is 0 Å². The minimum Gasteiger partial charge on any atom is -0.478 e. The van der Waals surface area contributed by atoms with Gasteiger partial charge in [-0.2, -0.15) is 0 Å². The Kier molecular flexibility index (Phi) is 4.67. The summed E-state index contributed by atoms with van der Waals surface area (Å²) in [6.45, 7) is 3.83. The van der Waals surface area contributed by atoms with Crippen LogP contribution in [-0.4, -0.2) is 28.3 Å². The Balaban J connectivity index is 2.94. The standard InChI is InChI=1S/C13H18FNO3/c1-3-13(2,6-7-16)15-11-5-4-9(12(17)18)8-10(11)14/h4-5,8,15-16H,3,6-7H2,1-2H3,(H,17,18). The van der Waals surface area contributed by atoms with Crippen LogP contribution in [-0.2, 0) is 0 Å². The van der Waals surface area contributed by atoms with Gasteiger partial charge in [0.1, 0.15) is 5.82 Å². The molecular weight excluding hydrogens is 237 g/mol. The Morgan fingerprint density at radius 2 is 2.17 bits per heavy atom. The normalized spacial score (nSPS) is 14.0. The molecule has 0 aliphatic carbocycles. The van der Waals surface area contributed by atoms with Crippen molar-refractivity contribution >= 4 is 11.7 Å². The largest absolute Gasteiger partial charge is 0.478 e. The molecule has 0 saturated carbocycles. The molecule has 5 heteroatoms. The molecule has 18 heavy (non-hydrogen) atoms. The summed E-state index contributed by atoms with van der Waals surface area (Å²) >= 11 is 0. The van der Waals surface area contributed by atoms with Crippen molar-refractivity contribution in [1.82, 2.24) is 0 Å². The highest BCUT2D eigenvalue weighted by Gasteiger charge is 2.22. The molecule has 0 fully saturated rings. The van der Waals surface area contributed by atoms with Gasteiger partial charge in [-0.05, 0) is 38.0 Å². The van der Waals surface area contributed by atoms with E-state index < -0.39 is 17.3 Å². The van der Waals surface area contributed by atoms with Gasteiger partial charge in [-0.15, -0.1) is 0 Å². The zero-order chi connectivity index (χ0) is 13.8. The molecule has 100 valence electrons. The molecule has 1 rings (SSSR count). The van der Waals surface area contributed by atoms with E-state index in [-0.39, 0.29) is 17.9 Å². The van der Waals surface area contributed by atoms with Gasteiger partial charge >= 0.3 is 5.97 Å². The lowest BCUT2D eigenvalue weighted by atomic mass is 9.94. The van der Waals surface area contributed by atoms with E-state index in [1.807, 2.05) is 13.8 Å². The van der Waals surface area contributed by atoms with E-state index in [0.29, 0.717) is 12.8 Å². The highest BCUT2D eigenvalue weighted by atomic mass is 19.1. The van der Waals surface area contributed by atoms with Crippen LogP contribution in [0.2, 0.25) is 0 Å². The van der Waals surface area contributed by atoms with Gasteiger partial charge in [0.05, 0.1) is 11.3 Å². The van der Waals surface area contributed by atoms with Gasteiger partial charge in [-0.25, -0.2) is 9.18 Å². The third kappa shape index (κ3) is 3.43. The first-order valence-corrected chi connectivity index (χ1v) is 5.84. The maximum atomic E-state index is 13.7. The number of nitrogens with one attached hydrogen (secondary N) is 1. The maximum absolute atomic E-state index is 13.7. The first-order chi connectivity index (χ1) is 8.41. The van der Waals surface area contributed by atoms with Crippen LogP contribution in [0, 0.1) is 5.82 Å². The molecule has 0 aliphatic heterocycles. The van der Waals surface area contributed by atoms with E-state index >= 15 is 0 Å². The van der Waals surface area contributed by atoms with Crippen LogP contribution < -0.4 is 5.32 Å². The number of benzene rings is 1. The van der Waals surface area contributed by atoms with Crippen LogP contribution in [0.4, 0.5) is 10.1 Å². The Labute approximate surface area is 105 Å². The molecule has 1 aromatic carbocycles. The predicted molar refractivity (Wildman–Crippen MR) is 67.4 cm³/mol. The second-order valence-electron chi connectivity index (χ2n) is 4.51. The van der Waals surface area contributed by atoms with E-state index in [4.69, 9.17) is 10.2 Å². The monoisotopic (exact) mass is 255 g/mol. The van der Waals surface area contributed by atoms with Crippen molar-refractivity contribution in [3.63, 3.8) is 0 Å². The van der Waals surface area contributed by atoms with Gasteiger partial charge < -0.3 is 15.5 Å². The minimum absolute atomic E-state index is 0.00612. The number of aromatic carboxylic acids is 1. The van der Waals surface area contributed by atoms with Crippen LogP contribution in [0.5, 0.6) is 0 Å². The van der Waals surface area contributed by atoms with Crippen molar-refractivity contribution in [1.29, 1.82) is 0 Å². The summed E-state index contributed by atoms with van der Waals surface area (Å²) in [5, 5.41) is 20.7. The topological polar surface area (TPSA) is 69.6 Å². The number of aliphatic hydroxyl groups excluding tert-OH is 1. The van der Waals surface area contributed by atoms with Crippen molar-refractivity contribution < 1.29 is 19.4 Å². The van der Waals surface area contributed by atoms with Crippen LogP contribution >= 0.6 is 0 Å². The van der Waals surface area contributed by atoms with Crippen LogP contribution in [0.1, 0.15) is 37.0 Å². The summed E-state index contributed by atoms with van der Waals surface area (Å²) in [5.74, 6) is -1.76. The highest BCUT2D eigenvalue weighted by Crippen LogP contribution is 2.24. The molecule has 0 heterocycles. The number of carbonyl (C=O) groups is 1. The van der Waals surface area contributed by atoms with E-state index in [2.05, 4.69) is 5.32 Å². The third-order valence-corrected chi connectivity index (χ3v) is 3.10. The van der Waals surface area contributed by atoms with Gasteiger partial charge in [0, 0.05) is 12.1 Å². The Bertz CT molecular complexity index is 436. The first-order valence-electron chi connectivity index (χ1n) is 5.84. The molecule has 0 saturated heterocycles. The Morgan fingerprint density at radius 3 is 2.61 bits per heavy atom. The van der Waals surface area contributed by atoms with Crippen LogP contribution in [0.3, 0.4) is 0 Å². The number of carboxylic acids is 1. The molecule has 1 atom stereocenters. The smallest absolute Gasteiger partial charge is 0.335 e. The van der Waals surface area contributed by atoms with Crippen molar-refractivity contribution in [2.45, 2.75) is 32.2 Å². The molecule has 0 radical (unpaired) electrons. The average Bonchev–Trinajstić information content (AvgIpc) is 2.32. The molecular formula is C13H18FNO3. The van der Waals surface area contributed by atoms with E-state index in [0.717, 1.165) is 6.07 Å². The minimum atomic E-state index is -1.16. The molecule has 0 amide bonds. The summed E-state index contributed by atoms with van der Waals surface area (Å²) < 4.78 is 13.7. The number of halogens is 1. The molecule has 0 aliphatic rings. The second-order valence-corrected chi connectivity index (χ2v) is 4.51. The number of aliphatic hydroxyl groups is 1. The molecule has 0 aromatic heterocycles. The Hall–Kier alpha value is -1.62. The SMILES string of the molecule is CCC(C)(CCO)Nc1ccc(C(=O)O)cc1F. The molecule has 0 spiro atoms. The van der Waals surface area contributed by atoms with E-state index in [1.165, 1.54) is 12.1 Å². The fourth-order valence-corrected chi connectivity index (χ4v) is 1.65. The lowest BCUT2D eigenvalue weighted by molar-refractivity contribution is 0.0696. The fourth-order valence-electron chi connectivity index (χ4n) is 1.65. The summed E-state index contributed by atoms with van der Waals surface area (Å²) in [7, 11) is 0. The lowest BCUT2D eigenvalue weighted by Crippen LogP contribution is -2.35. The van der Waals surface area contributed by atoms with E-state index in [9.17, 15) is 9.18 Å². The van der Waals surface area contributed by atoms with Crippen molar-refractivity contribution in [2.75, 3.05) is 11.9 Å². The summed E-state index contributed by atoms with van der Waals surface area (Å²) in [5.41, 5.74) is -0.253. The number of hydrogen-bond acceptors (Lipinski definition) is 3. The molecule has 0 bridgehead atoms. The lowest BCUT2D eigenvalue weighted by Gasteiger charge is -2.30. The van der Waals surface area contributed by atoms with Gasteiger partial charge in [-0.3, -0.25) is 0 Å². The number of hydrogen-bond donors (Lipinski definition) is 3. The quantitative estimate of drug-likeness (QED) is 0.730. The fraction of sp³-hybridized carbons (Fsp3) is 0.462. The first kappa shape index (κ1) is 14.4. The van der Waals surface area contributed by atoms with Gasteiger partial charge in [-0.1, -0.05) is 6.92 Å². The molecule has 4 nitrogen and oxygen atoms in total. The van der Waals surface area contributed by atoms with Gasteiger partial charge in [0.2, 0.25) is 0 Å². The number of rotatable bonds is 6. The van der Waals surface area contributed by atoms with Gasteiger partial charge in [0.15, 0.2) is 0 Å². The molecule has 1 unspecified atom stereocenters. The van der Waals surface area contributed by atoms with Crippen molar-refractivity contribution in [3.05, 3.63) is 29.6 Å². The zero-order valence-corrected chi connectivity index (χ0v) is 10.5. The highest BCUT2D eigenvalue weighted by molar-refractivity contribution is 5.88. The number of anilines is 1. The number of carboxylic acid groups (broad SMARTS) is 1. The van der Waals surface area contributed by atoms with Crippen LogP contribution in [0.25, 0.3) is 0 Å². The Morgan fingerprint density at radius 1 is 1.50 bits per heavy atom. The van der Waals surface area contributed by atoms with Crippen molar-refractivity contribution in [2.24, 2.45) is 0 Å². The van der Waals surface area contributed by atoms with Crippen LogP contribution in [0.15, 0.2) is 18.2 Å². The second kappa shape index (κ2) is 5.82. The average molecular weight is 255 g/mol. The maximum Gasteiger partial charge on any atom is 0.335 e.